The predicted molar refractivity (Wildman–Crippen MR) is 108 cm³/mol. The number of esters is 1. The molecule has 0 radical (unpaired) electrons. The highest BCUT2D eigenvalue weighted by atomic mass is 16.6. The number of methoxy groups -OCH3 is 1. The lowest BCUT2D eigenvalue weighted by molar-refractivity contribution is -0.155. The van der Waals surface area contributed by atoms with Crippen molar-refractivity contribution < 1.29 is 23.8 Å². The Morgan fingerprint density at radius 3 is 2.72 bits per heavy atom. The Morgan fingerprint density at radius 1 is 1.24 bits per heavy atom. The first-order chi connectivity index (χ1) is 14.0. The van der Waals surface area contributed by atoms with Gasteiger partial charge in [-0.1, -0.05) is 18.2 Å². The number of carbonyl (C=O) groups excluding carboxylic acids is 2. The maximum atomic E-state index is 12.2. The van der Waals surface area contributed by atoms with Crippen molar-refractivity contribution in [1.82, 2.24) is 0 Å². The molecule has 2 aromatic rings. The van der Waals surface area contributed by atoms with Crippen molar-refractivity contribution in [2.24, 2.45) is 0 Å². The molecule has 0 aliphatic rings. The molecule has 150 valence electrons. The van der Waals surface area contributed by atoms with Gasteiger partial charge in [-0.2, -0.15) is 5.26 Å². The van der Waals surface area contributed by atoms with Gasteiger partial charge >= 0.3 is 5.97 Å². The van der Waals surface area contributed by atoms with Gasteiger partial charge in [-0.05, 0) is 49.2 Å². The number of carbonyl (C=O) groups is 2. The van der Waals surface area contributed by atoms with Gasteiger partial charge in [-0.15, -0.1) is 6.58 Å². The van der Waals surface area contributed by atoms with Crippen LogP contribution in [0.2, 0.25) is 0 Å². The molecular formula is C22H22N2O5. The van der Waals surface area contributed by atoms with Crippen molar-refractivity contribution >= 4 is 17.6 Å². The molecule has 1 amide bonds. The zero-order valence-corrected chi connectivity index (χ0v) is 16.3. The lowest BCUT2D eigenvalue weighted by Gasteiger charge is -2.15. The molecule has 0 saturated carbocycles. The van der Waals surface area contributed by atoms with Gasteiger partial charge in [0.1, 0.15) is 0 Å². The van der Waals surface area contributed by atoms with Gasteiger partial charge in [-0.3, -0.25) is 4.79 Å². The first kappa shape index (κ1) is 21.5. The minimum Gasteiger partial charge on any atom is -0.493 e. The lowest BCUT2D eigenvalue weighted by atomic mass is 10.1. The molecule has 2 aromatic carbocycles. The van der Waals surface area contributed by atoms with Crippen molar-refractivity contribution in [2.45, 2.75) is 19.4 Å². The summed E-state index contributed by atoms with van der Waals surface area (Å²) in [6.45, 7) is 4.76. The predicted octanol–water partition coefficient (Wildman–Crippen LogP) is 3.24. The largest absolute Gasteiger partial charge is 0.493 e. The minimum absolute atomic E-state index is 0.376. The summed E-state index contributed by atoms with van der Waals surface area (Å²) in [6.07, 6.45) is 1.42. The van der Waals surface area contributed by atoms with Crippen molar-refractivity contribution in [3.05, 3.63) is 66.2 Å². The number of ether oxygens (including phenoxy) is 3. The van der Waals surface area contributed by atoms with E-state index in [-0.39, 0.29) is 6.61 Å². The fourth-order valence-corrected chi connectivity index (χ4v) is 2.46. The highest BCUT2D eigenvalue weighted by molar-refractivity contribution is 5.95. The number of nitrogens with one attached hydrogen (secondary N) is 1. The number of hydrogen-bond donors (Lipinski definition) is 1. The summed E-state index contributed by atoms with van der Waals surface area (Å²) in [7, 11) is 1.51. The van der Waals surface area contributed by atoms with Gasteiger partial charge < -0.3 is 19.5 Å². The van der Waals surface area contributed by atoms with Crippen molar-refractivity contribution in [3.63, 3.8) is 0 Å². The van der Waals surface area contributed by atoms with E-state index in [1.54, 1.807) is 36.4 Å². The molecule has 7 nitrogen and oxygen atoms in total. The van der Waals surface area contributed by atoms with E-state index in [1.807, 2.05) is 12.1 Å². The van der Waals surface area contributed by atoms with E-state index in [0.29, 0.717) is 29.2 Å². The Labute approximate surface area is 169 Å². The second-order valence-corrected chi connectivity index (χ2v) is 6.08. The zero-order valence-electron chi connectivity index (χ0n) is 16.3. The number of hydrogen-bond acceptors (Lipinski definition) is 6. The molecule has 2 rings (SSSR count). The van der Waals surface area contributed by atoms with Crippen LogP contribution in [0.15, 0.2) is 55.1 Å². The van der Waals surface area contributed by atoms with Crippen LogP contribution in [0, 0.1) is 11.3 Å². The highest BCUT2D eigenvalue weighted by Gasteiger charge is 2.19. The van der Waals surface area contributed by atoms with E-state index in [2.05, 4.69) is 11.9 Å². The Morgan fingerprint density at radius 2 is 2.03 bits per heavy atom. The molecule has 0 aliphatic heterocycles. The first-order valence-electron chi connectivity index (χ1n) is 8.88. The lowest BCUT2D eigenvalue weighted by Crippen LogP contribution is -2.31. The molecule has 0 bridgehead atoms. The molecule has 0 saturated heterocycles. The maximum absolute atomic E-state index is 12.2. The van der Waals surface area contributed by atoms with Gasteiger partial charge in [-0.25, -0.2) is 4.79 Å². The summed E-state index contributed by atoms with van der Waals surface area (Å²) in [6, 6.07) is 13.8. The summed E-state index contributed by atoms with van der Waals surface area (Å²) in [5, 5.41) is 11.5. The van der Waals surface area contributed by atoms with E-state index >= 15 is 0 Å². The van der Waals surface area contributed by atoms with Crippen LogP contribution in [0.5, 0.6) is 11.5 Å². The Bertz CT molecular complexity index is 933. The molecule has 0 heterocycles. The number of benzene rings is 2. The van der Waals surface area contributed by atoms with Crippen molar-refractivity contribution in [2.75, 3.05) is 19.0 Å². The second kappa shape index (κ2) is 10.5. The Balaban J connectivity index is 1.89. The molecule has 29 heavy (non-hydrogen) atoms. The normalized spacial score (nSPS) is 10.9. The minimum atomic E-state index is -1.03. The van der Waals surface area contributed by atoms with Crippen LogP contribution < -0.4 is 14.8 Å². The van der Waals surface area contributed by atoms with E-state index in [0.717, 1.165) is 5.56 Å². The van der Waals surface area contributed by atoms with Crippen LogP contribution in [0.25, 0.3) is 0 Å². The topological polar surface area (TPSA) is 97.6 Å². The number of amides is 1. The third-order valence-electron chi connectivity index (χ3n) is 3.89. The van der Waals surface area contributed by atoms with E-state index in [1.165, 1.54) is 20.1 Å². The quantitative estimate of drug-likeness (QED) is 0.518. The molecule has 0 unspecified atom stereocenters. The summed E-state index contributed by atoms with van der Waals surface area (Å²) < 4.78 is 15.8. The third-order valence-corrected chi connectivity index (χ3v) is 3.89. The summed E-state index contributed by atoms with van der Waals surface area (Å²) >= 11 is 0. The second-order valence-electron chi connectivity index (χ2n) is 6.08. The Hall–Kier alpha value is -3.79. The van der Waals surface area contributed by atoms with Crippen LogP contribution in [0.3, 0.4) is 0 Å². The van der Waals surface area contributed by atoms with Crippen LogP contribution in [0.4, 0.5) is 5.69 Å². The fraction of sp³-hybridized carbons (Fsp3) is 0.227. The molecule has 1 atom stereocenters. The zero-order chi connectivity index (χ0) is 21.2. The van der Waals surface area contributed by atoms with Crippen molar-refractivity contribution in [3.8, 4) is 17.6 Å². The number of nitrogens with zero attached hydrogens (tertiary/aromatic N) is 1. The van der Waals surface area contributed by atoms with E-state index in [9.17, 15) is 9.59 Å². The molecule has 1 N–H and O–H groups in total. The maximum Gasteiger partial charge on any atom is 0.344 e. The van der Waals surface area contributed by atoms with Gasteiger partial charge in [0.2, 0.25) is 0 Å². The fourth-order valence-electron chi connectivity index (χ4n) is 2.46. The van der Waals surface area contributed by atoms with Crippen LogP contribution >= 0.6 is 0 Å². The summed E-state index contributed by atoms with van der Waals surface area (Å²) in [5.74, 6) is -0.335. The van der Waals surface area contributed by atoms with Gasteiger partial charge in [0.15, 0.2) is 24.2 Å². The van der Waals surface area contributed by atoms with Crippen LogP contribution in [0.1, 0.15) is 18.1 Å². The molecule has 0 spiro atoms. The standard InChI is InChI=1S/C22H22N2O5/c1-4-6-16-9-10-19(20(12-16)27-3)28-14-21(25)29-15(2)22(26)24-18-8-5-7-17(11-18)13-23/h4-5,7-12,15H,1,6,14H2,2-3H3,(H,24,26)/t15-/m1/s1. The Kier molecular flexibility index (Phi) is 7.80. The number of anilines is 1. The molecular weight excluding hydrogens is 372 g/mol. The molecule has 0 aliphatic carbocycles. The van der Waals surface area contributed by atoms with Gasteiger partial charge in [0.25, 0.3) is 5.91 Å². The number of rotatable bonds is 9. The number of nitriles is 1. The van der Waals surface area contributed by atoms with Gasteiger partial charge in [0, 0.05) is 5.69 Å². The first-order valence-corrected chi connectivity index (χ1v) is 8.88. The third kappa shape index (κ3) is 6.40. The van der Waals surface area contributed by atoms with Crippen LogP contribution in [-0.4, -0.2) is 31.7 Å². The van der Waals surface area contributed by atoms with Crippen LogP contribution in [-0.2, 0) is 20.7 Å². The summed E-state index contributed by atoms with van der Waals surface area (Å²) in [5.41, 5.74) is 1.85. The van der Waals surface area contributed by atoms with E-state index in [4.69, 9.17) is 19.5 Å². The SMILES string of the molecule is C=CCc1ccc(OCC(=O)O[C@H](C)C(=O)Nc2cccc(C#N)c2)c(OC)c1. The average Bonchev–Trinajstić information content (AvgIpc) is 2.72. The monoisotopic (exact) mass is 394 g/mol. The summed E-state index contributed by atoms with van der Waals surface area (Å²) in [4.78, 5) is 24.2. The van der Waals surface area contributed by atoms with Gasteiger partial charge in [0.05, 0.1) is 18.7 Å². The van der Waals surface area contributed by atoms with E-state index < -0.39 is 18.0 Å². The average molecular weight is 394 g/mol. The highest BCUT2D eigenvalue weighted by Crippen LogP contribution is 2.28. The van der Waals surface area contributed by atoms with Crippen molar-refractivity contribution in [1.29, 1.82) is 5.26 Å². The molecule has 0 fully saturated rings. The smallest absolute Gasteiger partial charge is 0.344 e. The molecule has 0 aromatic heterocycles. The molecule has 7 heteroatoms. The number of allylic oxidation sites excluding steroid dienone is 1.